The second kappa shape index (κ2) is 6.65. The first kappa shape index (κ1) is 14.0. The van der Waals surface area contributed by atoms with Gasteiger partial charge in [-0.1, -0.05) is 19.1 Å². The molecule has 1 heterocycles. The van der Waals surface area contributed by atoms with Crippen LogP contribution in [0.1, 0.15) is 13.3 Å². The first-order chi connectivity index (χ1) is 9.72. The van der Waals surface area contributed by atoms with Crippen molar-refractivity contribution in [1.29, 1.82) is 0 Å². The lowest BCUT2D eigenvalue weighted by molar-refractivity contribution is 0.284. The van der Waals surface area contributed by atoms with Gasteiger partial charge in [-0.15, -0.1) is 4.98 Å². The number of para-hydroxylation sites is 1. The van der Waals surface area contributed by atoms with Crippen LogP contribution in [0.4, 0.5) is 10.3 Å². The van der Waals surface area contributed by atoms with E-state index in [9.17, 15) is 4.39 Å². The highest BCUT2D eigenvalue weighted by molar-refractivity contribution is 5.30. The molecule has 0 amide bonds. The van der Waals surface area contributed by atoms with Crippen molar-refractivity contribution >= 4 is 5.95 Å². The molecule has 7 heteroatoms. The molecule has 0 aliphatic carbocycles. The van der Waals surface area contributed by atoms with Crippen LogP contribution in [0.15, 0.2) is 24.3 Å². The lowest BCUT2D eigenvalue weighted by atomic mass is 10.3. The van der Waals surface area contributed by atoms with Gasteiger partial charge in [-0.3, -0.25) is 0 Å². The minimum atomic E-state index is -0.491. The fourth-order valence-corrected chi connectivity index (χ4v) is 1.38. The monoisotopic (exact) mass is 278 g/mol. The van der Waals surface area contributed by atoms with E-state index in [1.165, 1.54) is 12.1 Å². The quantitative estimate of drug-likeness (QED) is 0.876. The van der Waals surface area contributed by atoms with E-state index in [-0.39, 0.29) is 23.7 Å². The highest BCUT2D eigenvalue weighted by atomic mass is 19.1. The van der Waals surface area contributed by atoms with Gasteiger partial charge in [-0.25, -0.2) is 4.39 Å². The maximum atomic E-state index is 13.5. The molecule has 1 aromatic carbocycles. The summed E-state index contributed by atoms with van der Waals surface area (Å²) in [5.41, 5.74) is 0. The zero-order valence-electron chi connectivity index (χ0n) is 11.3. The summed E-state index contributed by atoms with van der Waals surface area (Å²) in [6, 6.07) is 6.13. The Morgan fingerprint density at radius 2 is 1.90 bits per heavy atom. The van der Waals surface area contributed by atoms with Gasteiger partial charge < -0.3 is 14.8 Å². The van der Waals surface area contributed by atoms with E-state index >= 15 is 0 Å². The van der Waals surface area contributed by atoms with Gasteiger partial charge in [-0.05, 0) is 18.6 Å². The smallest absolute Gasteiger partial charge is 0.330 e. The number of benzene rings is 1. The van der Waals surface area contributed by atoms with Crippen LogP contribution in [-0.4, -0.2) is 28.6 Å². The molecule has 1 aromatic heterocycles. The summed E-state index contributed by atoms with van der Waals surface area (Å²) in [5, 5.41) is 2.77. The molecule has 0 saturated heterocycles. The minimum Gasteiger partial charge on any atom is -0.463 e. The zero-order chi connectivity index (χ0) is 14.4. The van der Waals surface area contributed by atoms with Crippen molar-refractivity contribution in [2.75, 3.05) is 19.0 Å². The molecule has 0 spiro atoms. The lowest BCUT2D eigenvalue weighted by Gasteiger charge is -2.08. The number of ether oxygens (including phenoxy) is 2. The van der Waals surface area contributed by atoms with Crippen LogP contribution in [0.2, 0.25) is 0 Å². The molecule has 2 aromatic rings. The first-order valence-electron chi connectivity index (χ1n) is 6.22. The third kappa shape index (κ3) is 3.53. The summed E-state index contributed by atoms with van der Waals surface area (Å²) >= 11 is 0. The van der Waals surface area contributed by atoms with Crippen molar-refractivity contribution in [1.82, 2.24) is 15.0 Å². The molecule has 2 rings (SSSR count). The minimum absolute atomic E-state index is 0.0273. The Balaban J connectivity index is 2.24. The van der Waals surface area contributed by atoms with E-state index in [4.69, 9.17) is 9.47 Å². The highest BCUT2D eigenvalue weighted by Crippen LogP contribution is 2.23. The van der Waals surface area contributed by atoms with Gasteiger partial charge in [0.25, 0.3) is 0 Å². The summed E-state index contributed by atoms with van der Waals surface area (Å²) in [5.74, 6) is -0.158. The van der Waals surface area contributed by atoms with Crippen LogP contribution in [-0.2, 0) is 0 Å². The lowest BCUT2D eigenvalue weighted by Crippen LogP contribution is -2.06. The molecule has 0 radical (unpaired) electrons. The highest BCUT2D eigenvalue weighted by Gasteiger charge is 2.10. The average molecular weight is 278 g/mol. The van der Waals surface area contributed by atoms with Crippen LogP contribution < -0.4 is 14.8 Å². The summed E-state index contributed by atoms with van der Waals surface area (Å²) < 4.78 is 24.2. The number of anilines is 1. The SMILES string of the molecule is CCCOc1nc(NC)nc(Oc2ccccc2F)n1. The molecule has 0 aliphatic heterocycles. The fraction of sp³-hybridized carbons (Fsp3) is 0.308. The van der Waals surface area contributed by atoms with E-state index in [0.29, 0.717) is 6.61 Å². The predicted octanol–water partition coefficient (Wildman–Crippen LogP) is 2.63. The second-order valence-electron chi connectivity index (χ2n) is 3.86. The Morgan fingerprint density at radius 3 is 2.60 bits per heavy atom. The number of nitrogens with one attached hydrogen (secondary N) is 1. The van der Waals surface area contributed by atoms with Gasteiger partial charge in [0.2, 0.25) is 5.95 Å². The van der Waals surface area contributed by atoms with Crippen LogP contribution >= 0.6 is 0 Å². The van der Waals surface area contributed by atoms with Gasteiger partial charge in [0.1, 0.15) is 0 Å². The number of halogens is 1. The molecule has 0 bridgehead atoms. The Morgan fingerprint density at radius 1 is 1.15 bits per heavy atom. The molecule has 106 valence electrons. The first-order valence-corrected chi connectivity index (χ1v) is 6.22. The fourth-order valence-electron chi connectivity index (χ4n) is 1.38. The van der Waals surface area contributed by atoms with Gasteiger partial charge in [0, 0.05) is 7.05 Å². The number of rotatable bonds is 6. The van der Waals surface area contributed by atoms with Crippen LogP contribution in [0, 0.1) is 5.82 Å². The zero-order valence-corrected chi connectivity index (χ0v) is 11.3. The molecule has 0 aliphatic rings. The standard InChI is InChI=1S/C13H15FN4O2/c1-3-8-19-12-16-11(15-2)17-13(18-12)20-10-7-5-4-6-9(10)14/h4-7H,3,8H2,1-2H3,(H,15,16,17,18). The maximum absolute atomic E-state index is 13.5. The second-order valence-corrected chi connectivity index (χ2v) is 3.86. The molecule has 1 N–H and O–H groups in total. The van der Waals surface area contributed by atoms with E-state index < -0.39 is 5.82 Å². The molecular weight excluding hydrogens is 263 g/mol. The Labute approximate surface area is 116 Å². The number of hydrogen-bond acceptors (Lipinski definition) is 6. The van der Waals surface area contributed by atoms with Gasteiger partial charge in [-0.2, -0.15) is 9.97 Å². The molecule has 0 saturated carbocycles. The van der Waals surface area contributed by atoms with Gasteiger partial charge in [0.05, 0.1) is 6.61 Å². The van der Waals surface area contributed by atoms with Crippen molar-refractivity contribution < 1.29 is 13.9 Å². The molecule has 0 unspecified atom stereocenters. The van der Waals surface area contributed by atoms with Gasteiger partial charge >= 0.3 is 12.0 Å². The molecule has 0 atom stereocenters. The van der Waals surface area contributed by atoms with Crippen molar-refractivity contribution in [3.63, 3.8) is 0 Å². The van der Waals surface area contributed by atoms with Crippen LogP contribution in [0.25, 0.3) is 0 Å². The summed E-state index contributed by atoms with van der Waals surface area (Å²) in [7, 11) is 1.66. The Hall–Kier alpha value is -2.44. The van der Waals surface area contributed by atoms with E-state index in [1.54, 1.807) is 19.2 Å². The predicted molar refractivity (Wildman–Crippen MR) is 71.6 cm³/mol. The van der Waals surface area contributed by atoms with E-state index in [0.717, 1.165) is 6.42 Å². The molecule has 20 heavy (non-hydrogen) atoms. The molecule has 0 fully saturated rings. The van der Waals surface area contributed by atoms with E-state index in [2.05, 4.69) is 20.3 Å². The largest absolute Gasteiger partial charge is 0.463 e. The average Bonchev–Trinajstić information content (AvgIpc) is 2.47. The number of nitrogens with zero attached hydrogens (tertiary/aromatic N) is 3. The maximum Gasteiger partial charge on any atom is 0.330 e. The van der Waals surface area contributed by atoms with E-state index in [1.807, 2.05) is 6.92 Å². The summed E-state index contributed by atoms with van der Waals surface area (Å²) in [6.07, 6.45) is 0.823. The third-order valence-electron chi connectivity index (χ3n) is 2.29. The van der Waals surface area contributed by atoms with Crippen molar-refractivity contribution in [3.05, 3.63) is 30.1 Å². The van der Waals surface area contributed by atoms with Gasteiger partial charge in [0.15, 0.2) is 11.6 Å². The summed E-state index contributed by atoms with van der Waals surface area (Å²) in [6.45, 7) is 2.45. The number of aromatic nitrogens is 3. The Kier molecular flexibility index (Phi) is 4.65. The van der Waals surface area contributed by atoms with Crippen LogP contribution in [0.3, 0.4) is 0 Å². The van der Waals surface area contributed by atoms with Crippen molar-refractivity contribution in [2.24, 2.45) is 0 Å². The normalized spacial score (nSPS) is 10.2. The number of hydrogen-bond donors (Lipinski definition) is 1. The van der Waals surface area contributed by atoms with Crippen LogP contribution in [0.5, 0.6) is 17.8 Å². The summed E-state index contributed by atoms with van der Waals surface area (Å²) in [4.78, 5) is 12.0. The van der Waals surface area contributed by atoms with Crippen molar-refractivity contribution in [3.8, 4) is 17.8 Å². The van der Waals surface area contributed by atoms with Crippen molar-refractivity contribution in [2.45, 2.75) is 13.3 Å². The Bertz CT molecular complexity index is 580. The molecule has 6 nitrogen and oxygen atoms in total. The molecular formula is C13H15FN4O2. The third-order valence-corrected chi connectivity index (χ3v) is 2.29. The topological polar surface area (TPSA) is 69.2 Å².